The number of pyridine rings is 1. The van der Waals surface area contributed by atoms with Gasteiger partial charge in [0.15, 0.2) is 0 Å². The zero-order valence-electron chi connectivity index (χ0n) is 8.32. The molecule has 2 nitrogen and oxygen atoms in total. The molecule has 0 spiro atoms. The summed E-state index contributed by atoms with van der Waals surface area (Å²) in [6.45, 7) is 0.935. The van der Waals surface area contributed by atoms with Crippen molar-refractivity contribution >= 4 is 0 Å². The molecule has 2 aliphatic carbocycles. The second-order valence-electron chi connectivity index (χ2n) is 4.63. The van der Waals surface area contributed by atoms with Gasteiger partial charge < -0.3 is 5.32 Å². The van der Waals surface area contributed by atoms with Crippen LogP contribution in [0.15, 0.2) is 24.4 Å². The van der Waals surface area contributed by atoms with Crippen molar-refractivity contribution in [1.82, 2.24) is 10.3 Å². The predicted molar refractivity (Wildman–Crippen MR) is 55.7 cm³/mol. The van der Waals surface area contributed by atoms with E-state index in [1.165, 1.54) is 19.3 Å². The first-order valence-corrected chi connectivity index (χ1v) is 5.55. The van der Waals surface area contributed by atoms with Crippen molar-refractivity contribution in [3.8, 4) is 0 Å². The van der Waals surface area contributed by atoms with E-state index in [2.05, 4.69) is 22.4 Å². The summed E-state index contributed by atoms with van der Waals surface area (Å²) < 4.78 is 0. The van der Waals surface area contributed by atoms with Crippen LogP contribution in [0.2, 0.25) is 0 Å². The average Bonchev–Trinajstić information content (AvgIpc) is 2.85. The Labute approximate surface area is 84.7 Å². The lowest BCUT2D eigenvalue weighted by Gasteiger charge is -2.13. The Morgan fingerprint density at radius 2 is 2.07 bits per heavy atom. The monoisotopic (exact) mass is 188 g/mol. The van der Waals surface area contributed by atoms with Crippen molar-refractivity contribution in [2.75, 3.05) is 0 Å². The number of hydrogen-bond donors (Lipinski definition) is 1. The van der Waals surface area contributed by atoms with E-state index in [0.717, 1.165) is 30.1 Å². The smallest absolute Gasteiger partial charge is 0.0541 e. The summed E-state index contributed by atoms with van der Waals surface area (Å²) in [7, 11) is 0. The molecule has 0 aromatic carbocycles. The normalized spacial score (nSPS) is 34.1. The average molecular weight is 188 g/mol. The summed E-state index contributed by atoms with van der Waals surface area (Å²) in [6.07, 6.45) is 6.17. The van der Waals surface area contributed by atoms with Gasteiger partial charge in [0.2, 0.25) is 0 Å². The molecule has 0 bridgehead atoms. The van der Waals surface area contributed by atoms with E-state index in [4.69, 9.17) is 0 Å². The van der Waals surface area contributed by atoms with E-state index in [1.54, 1.807) is 0 Å². The van der Waals surface area contributed by atoms with Crippen molar-refractivity contribution in [1.29, 1.82) is 0 Å². The molecule has 2 saturated carbocycles. The fourth-order valence-electron chi connectivity index (χ4n) is 2.63. The molecule has 0 saturated heterocycles. The minimum absolute atomic E-state index is 0.765. The quantitative estimate of drug-likeness (QED) is 0.784. The zero-order valence-corrected chi connectivity index (χ0v) is 8.32. The SMILES string of the molecule is c1ccc(CNC2CC3CC3C2)nc1. The summed E-state index contributed by atoms with van der Waals surface area (Å²) >= 11 is 0. The first-order valence-electron chi connectivity index (χ1n) is 5.55. The minimum atomic E-state index is 0.765. The van der Waals surface area contributed by atoms with Crippen molar-refractivity contribution in [2.45, 2.75) is 31.8 Å². The Hall–Kier alpha value is -0.890. The van der Waals surface area contributed by atoms with Crippen LogP contribution < -0.4 is 5.32 Å². The maximum Gasteiger partial charge on any atom is 0.0541 e. The van der Waals surface area contributed by atoms with Gasteiger partial charge in [-0.1, -0.05) is 6.07 Å². The van der Waals surface area contributed by atoms with Gasteiger partial charge in [-0.3, -0.25) is 4.98 Å². The third-order valence-electron chi connectivity index (χ3n) is 3.54. The first kappa shape index (κ1) is 8.42. The second kappa shape index (κ2) is 3.35. The summed E-state index contributed by atoms with van der Waals surface area (Å²) in [6, 6.07) is 6.87. The topological polar surface area (TPSA) is 24.9 Å². The third kappa shape index (κ3) is 1.67. The number of hydrogen-bond acceptors (Lipinski definition) is 2. The van der Waals surface area contributed by atoms with Crippen LogP contribution in [0.4, 0.5) is 0 Å². The van der Waals surface area contributed by atoms with Crippen LogP contribution >= 0.6 is 0 Å². The van der Waals surface area contributed by atoms with E-state index < -0.39 is 0 Å². The molecule has 1 heterocycles. The van der Waals surface area contributed by atoms with Gasteiger partial charge in [-0.05, 0) is 43.2 Å². The van der Waals surface area contributed by atoms with Gasteiger partial charge in [0, 0.05) is 18.8 Å². The van der Waals surface area contributed by atoms with Crippen LogP contribution in [0.25, 0.3) is 0 Å². The molecule has 2 heteroatoms. The molecule has 14 heavy (non-hydrogen) atoms. The molecule has 1 N–H and O–H groups in total. The van der Waals surface area contributed by atoms with Crippen LogP contribution in [0, 0.1) is 11.8 Å². The van der Waals surface area contributed by atoms with Gasteiger partial charge in [0.05, 0.1) is 5.69 Å². The summed E-state index contributed by atoms with van der Waals surface area (Å²) in [5.74, 6) is 2.13. The molecular formula is C12H16N2. The van der Waals surface area contributed by atoms with Gasteiger partial charge in [-0.2, -0.15) is 0 Å². The molecule has 0 amide bonds. The maximum atomic E-state index is 4.31. The minimum Gasteiger partial charge on any atom is -0.308 e. The number of aromatic nitrogens is 1. The molecule has 0 aliphatic heterocycles. The highest BCUT2D eigenvalue weighted by atomic mass is 14.9. The van der Waals surface area contributed by atoms with Crippen molar-refractivity contribution in [2.24, 2.45) is 11.8 Å². The highest BCUT2D eigenvalue weighted by molar-refractivity contribution is 5.04. The highest BCUT2D eigenvalue weighted by Crippen LogP contribution is 2.51. The third-order valence-corrected chi connectivity index (χ3v) is 3.54. The number of fused-ring (bicyclic) bond motifs is 1. The Kier molecular flexibility index (Phi) is 2.02. The van der Waals surface area contributed by atoms with Crippen LogP contribution in [0.3, 0.4) is 0 Å². The lowest BCUT2D eigenvalue weighted by atomic mass is 10.1. The van der Waals surface area contributed by atoms with Crippen LogP contribution in [-0.2, 0) is 6.54 Å². The molecular weight excluding hydrogens is 172 g/mol. The molecule has 2 atom stereocenters. The van der Waals surface area contributed by atoms with Gasteiger partial charge in [0.25, 0.3) is 0 Å². The second-order valence-corrected chi connectivity index (χ2v) is 4.63. The Morgan fingerprint density at radius 3 is 2.79 bits per heavy atom. The zero-order chi connectivity index (χ0) is 9.38. The lowest BCUT2D eigenvalue weighted by Crippen LogP contribution is -2.27. The lowest BCUT2D eigenvalue weighted by molar-refractivity contribution is 0.477. The number of nitrogens with zero attached hydrogens (tertiary/aromatic N) is 1. The number of nitrogens with one attached hydrogen (secondary N) is 1. The highest BCUT2D eigenvalue weighted by Gasteiger charge is 2.45. The van der Waals surface area contributed by atoms with Gasteiger partial charge in [-0.25, -0.2) is 0 Å². The largest absolute Gasteiger partial charge is 0.308 e. The molecule has 2 aliphatic rings. The van der Waals surface area contributed by atoms with Crippen LogP contribution in [0.5, 0.6) is 0 Å². The van der Waals surface area contributed by atoms with E-state index in [1.807, 2.05) is 12.3 Å². The molecule has 74 valence electrons. The van der Waals surface area contributed by atoms with Gasteiger partial charge >= 0.3 is 0 Å². The van der Waals surface area contributed by atoms with Crippen molar-refractivity contribution < 1.29 is 0 Å². The molecule has 1 aromatic rings. The fraction of sp³-hybridized carbons (Fsp3) is 0.583. The Balaban J connectivity index is 1.50. The van der Waals surface area contributed by atoms with Gasteiger partial charge in [-0.15, -0.1) is 0 Å². The van der Waals surface area contributed by atoms with E-state index in [-0.39, 0.29) is 0 Å². The molecule has 1 aromatic heterocycles. The molecule has 2 fully saturated rings. The predicted octanol–water partition coefficient (Wildman–Crippen LogP) is 1.97. The molecule has 2 unspecified atom stereocenters. The first-order chi connectivity index (χ1) is 6.92. The summed E-state index contributed by atoms with van der Waals surface area (Å²) in [4.78, 5) is 4.31. The Bertz CT molecular complexity index is 299. The van der Waals surface area contributed by atoms with E-state index in [9.17, 15) is 0 Å². The van der Waals surface area contributed by atoms with Crippen molar-refractivity contribution in [3.05, 3.63) is 30.1 Å². The fourth-order valence-corrected chi connectivity index (χ4v) is 2.63. The van der Waals surface area contributed by atoms with E-state index in [0.29, 0.717) is 0 Å². The summed E-state index contributed by atoms with van der Waals surface area (Å²) in [5, 5.41) is 3.60. The van der Waals surface area contributed by atoms with Crippen LogP contribution in [-0.4, -0.2) is 11.0 Å². The molecule has 3 rings (SSSR count). The summed E-state index contributed by atoms with van der Waals surface area (Å²) in [5.41, 5.74) is 1.16. The van der Waals surface area contributed by atoms with Crippen molar-refractivity contribution in [3.63, 3.8) is 0 Å². The van der Waals surface area contributed by atoms with Crippen LogP contribution in [0.1, 0.15) is 25.0 Å². The molecule has 0 radical (unpaired) electrons. The number of rotatable bonds is 3. The van der Waals surface area contributed by atoms with Gasteiger partial charge in [0.1, 0.15) is 0 Å². The van der Waals surface area contributed by atoms with E-state index >= 15 is 0 Å². The standard InChI is InChI=1S/C12H16N2/c1-2-4-13-11(3-1)8-14-12-6-9-5-10(9)7-12/h1-4,9-10,12,14H,5-8H2. The maximum absolute atomic E-state index is 4.31. The Morgan fingerprint density at radius 1 is 1.21 bits per heavy atom.